The Morgan fingerprint density at radius 1 is 0.867 bits per heavy atom. The third kappa shape index (κ3) is 7.75. The second-order valence-corrected chi connectivity index (χ2v) is 6.89. The van der Waals surface area contributed by atoms with Crippen molar-refractivity contribution < 1.29 is 4.74 Å². The summed E-state index contributed by atoms with van der Waals surface area (Å²) in [6.45, 7) is 6.64. The molecule has 0 unspecified atom stereocenters. The van der Waals surface area contributed by atoms with Gasteiger partial charge in [0.15, 0.2) is 0 Å². The van der Waals surface area contributed by atoms with Gasteiger partial charge in [0.1, 0.15) is 5.75 Å². The maximum atomic E-state index is 5.91. The molecule has 0 amide bonds. The van der Waals surface area contributed by atoms with Gasteiger partial charge >= 0.3 is 0 Å². The highest BCUT2D eigenvalue weighted by molar-refractivity contribution is 5.64. The number of ether oxygens (including phenoxy) is 1. The molecule has 0 saturated heterocycles. The molecule has 3 heteroatoms. The van der Waals surface area contributed by atoms with E-state index in [0.717, 1.165) is 42.8 Å². The normalized spacial score (nSPS) is 10.5. The van der Waals surface area contributed by atoms with E-state index < -0.39 is 0 Å². The van der Waals surface area contributed by atoms with E-state index in [9.17, 15) is 0 Å². The molecule has 0 aromatic heterocycles. The molecule has 3 nitrogen and oxygen atoms in total. The first kappa shape index (κ1) is 23.2. The number of hydrogen-bond acceptors (Lipinski definition) is 3. The summed E-state index contributed by atoms with van der Waals surface area (Å²) in [4.78, 5) is 4.42. The van der Waals surface area contributed by atoms with Gasteiger partial charge in [-0.1, -0.05) is 56.3 Å². The zero-order chi connectivity index (χ0) is 21.6. The number of rotatable bonds is 9. The Kier molecular flexibility index (Phi) is 10.2. The number of aliphatic imine (C=N–C) groups is 1. The van der Waals surface area contributed by atoms with Gasteiger partial charge in [0.2, 0.25) is 0 Å². The quantitative estimate of drug-likeness (QED) is 0.238. The van der Waals surface area contributed by atoms with Crippen LogP contribution >= 0.6 is 0 Å². The number of nitrogens with zero attached hydrogens (tertiary/aromatic N) is 1. The van der Waals surface area contributed by atoms with Crippen LogP contribution in [0.1, 0.15) is 50.3 Å². The number of anilines is 1. The summed E-state index contributed by atoms with van der Waals surface area (Å²) >= 11 is 0. The van der Waals surface area contributed by atoms with Crippen molar-refractivity contribution in [3.05, 3.63) is 89.5 Å². The van der Waals surface area contributed by atoms with Gasteiger partial charge in [0.05, 0.1) is 12.3 Å². The van der Waals surface area contributed by atoms with E-state index in [4.69, 9.17) is 10.5 Å². The molecule has 30 heavy (non-hydrogen) atoms. The third-order valence-electron chi connectivity index (χ3n) is 4.66. The van der Waals surface area contributed by atoms with Gasteiger partial charge in [-0.2, -0.15) is 0 Å². The van der Waals surface area contributed by atoms with E-state index in [2.05, 4.69) is 53.5 Å². The second-order valence-electron chi connectivity index (χ2n) is 6.89. The van der Waals surface area contributed by atoms with Crippen LogP contribution in [0.15, 0.2) is 77.8 Å². The highest BCUT2D eigenvalue weighted by Crippen LogP contribution is 2.23. The lowest BCUT2D eigenvalue weighted by molar-refractivity contribution is 0.307. The fourth-order valence-corrected chi connectivity index (χ4v) is 3.21. The van der Waals surface area contributed by atoms with E-state index in [1.165, 1.54) is 16.7 Å². The maximum absolute atomic E-state index is 5.91. The summed E-state index contributed by atoms with van der Waals surface area (Å²) in [6, 6.07) is 24.8. The molecule has 3 rings (SSSR count). The molecule has 3 aromatic rings. The standard InChI is InChI=1S/C25H28N2O.C2H6/c1-2-27-25-16-13-23(26)19-22(25)10-6-7-17-28-24-14-11-21(12-15-24)18-20-8-4-3-5-9-20;1-2/h2-5,8-9,11-16,19H,6-7,10,17-18,26H2,1H3;1-2H3. The average molecular weight is 403 g/mol. The van der Waals surface area contributed by atoms with Crippen LogP contribution in [-0.4, -0.2) is 12.8 Å². The minimum absolute atomic E-state index is 0.715. The number of nitrogens with two attached hydrogens (primary N) is 1. The molecule has 0 heterocycles. The number of aryl methyl sites for hydroxylation is 1. The summed E-state index contributed by atoms with van der Waals surface area (Å²) in [5.74, 6) is 0.928. The van der Waals surface area contributed by atoms with Gasteiger partial charge in [0.25, 0.3) is 0 Å². The predicted octanol–water partition coefficient (Wildman–Crippen LogP) is 7.01. The number of benzene rings is 3. The molecule has 3 aromatic carbocycles. The van der Waals surface area contributed by atoms with Crippen molar-refractivity contribution >= 4 is 17.6 Å². The van der Waals surface area contributed by atoms with E-state index in [1.807, 2.05) is 51.3 Å². The van der Waals surface area contributed by atoms with Crippen molar-refractivity contribution in [1.82, 2.24) is 0 Å². The van der Waals surface area contributed by atoms with Gasteiger partial charge in [-0.15, -0.1) is 0 Å². The van der Waals surface area contributed by atoms with Crippen molar-refractivity contribution in [2.75, 3.05) is 12.3 Å². The summed E-state index contributed by atoms with van der Waals surface area (Å²) in [5.41, 5.74) is 11.5. The number of nitrogen functional groups attached to an aromatic ring is 1. The highest BCUT2D eigenvalue weighted by atomic mass is 16.5. The third-order valence-corrected chi connectivity index (χ3v) is 4.66. The minimum atomic E-state index is 0.715. The average Bonchev–Trinajstić information content (AvgIpc) is 2.78. The highest BCUT2D eigenvalue weighted by Gasteiger charge is 2.03. The van der Waals surface area contributed by atoms with Crippen LogP contribution in [-0.2, 0) is 12.8 Å². The van der Waals surface area contributed by atoms with Crippen LogP contribution in [0, 0.1) is 0 Å². The predicted molar refractivity (Wildman–Crippen MR) is 130 cm³/mol. The summed E-state index contributed by atoms with van der Waals surface area (Å²) in [5, 5.41) is 0. The number of unbranched alkanes of at least 4 members (excludes halogenated alkanes) is 1. The first-order valence-electron chi connectivity index (χ1n) is 10.9. The van der Waals surface area contributed by atoms with Gasteiger partial charge in [-0.25, -0.2) is 0 Å². The molecule has 0 bridgehead atoms. The maximum Gasteiger partial charge on any atom is 0.119 e. The first-order chi connectivity index (χ1) is 14.7. The van der Waals surface area contributed by atoms with E-state index in [1.54, 1.807) is 0 Å². The zero-order valence-corrected chi connectivity index (χ0v) is 18.5. The molecular weight excluding hydrogens is 368 g/mol. The second kappa shape index (κ2) is 13.2. The molecule has 0 saturated carbocycles. The molecule has 0 spiro atoms. The fraction of sp³-hybridized carbons (Fsp3) is 0.296. The Hall–Kier alpha value is -3.07. The molecule has 0 aliphatic rings. The molecular formula is C27H34N2O. The molecule has 0 aliphatic carbocycles. The van der Waals surface area contributed by atoms with Crippen LogP contribution in [0.25, 0.3) is 0 Å². The number of hydrogen-bond donors (Lipinski definition) is 1. The lowest BCUT2D eigenvalue weighted by Gasteiger charge is -2.09. The molecule has 0 radical (unpaired) electrons. The van der Waals surface area contributed by atoms with Gasteiger partial charge in [0, 0.05) is 11.9 Å². The summed E-state index contributed by atoms with van der Waals surface area (Å²) < 4.78 is 5.90. The first-order valence-corrected chi connectivity index (χ1v) is 10.9. The topological polar surface area (TPSA) is 47.6 Å². The van der Waals surface area contributed by atoms with E-state index in [0.29, 0.717) is 6.61 Å². The Bertz CT molecular complexity index is 886. The zero-order valence-electron chi connectivity index (χ0n) is 18.5. The van der Waals surface area contributed by atoms with Crippen molar-refractivity contribution in [1.29, 1.82) is 0 Å². The largest absolute Gasteiger partial charge is 0.494 e. The monoisotopic (exact) mass is 402 g/mol. The molecule has 0 atom stereocenters. The van der Waals surface area contributed by atoms with Crippen molar-refractivity contribution in [3.63, 3.8) is 0 Å². The molecule has 0 aliphatic heterocycles. The SMILES string of the molecule is CC.CC=Nc1ccc(N)cc1CCCCOc1ccc(Cc2ccccc2)cc1. The minimum Gasteiger partial charge on any atom is -0.494 e. The van der Waals surface area contributed by atoms with Crippen LogP contribution < -0.4 is 10.5 Å². The van der Waals surface area contributed by atoms with Gasteiger partial charge in [-0.3, -0.25) is 4.99 Å². The molecule has 158 valence electrons. The molecule has 2 N–H and O–H groups in total. The van der Waals surface area contributed by atoms with Crippen molar-refractivity contribution in [3.8, 4) is 5.75 Å². The van der Waals surface area contributed by atoms with Crippen molar-refractivity contribution in [2.24, 2.45) is 4.99 Å². The van der Waals surface area contributed by atoms with Crippen LogP contribution in [0.3, 0.4) is 0 Å². The van der Waals surface area contributed by atoms with E-state index >= 15 is 0 Å². The van der Waals surface area contributed by atoms with Crippen molar-refractivity contribution in [2.45, 2.75) is 46.5 Å². The van der Waals surface area contributed by atoms with Crippen LogP contribution in [0.2, 0.25) is 0 Å². The Labute approximate surface area is 181 Å². The summed E-state index contributed by atoms with van der Waals surface area (Å²) in [7, 11) is 0. The molecule has 0 fully saturated rings. The van der Waals surface area contributed by atoms with Gasteiger partial charge in [-0.05, 0) is 79.6 Å². The Morgan fingerprint density at radius 2 is 1.57 bits per heavy atom. The fourth-order valence-electron chi connectivity index (χ4n) is 3.21. The lowest BCUT2D eigenvalue weighted by atomic mass is 10.1. The Balaban J connectivity index is 0.00000155. The Morgan fingerprint density at radius 3 is 2.27 bits per heavy atom. The van der Waals surface area contributed by atoms with Crippen LogP contribution in [0.4, 0.5) is 11.4 Å². The van der Waals surface area contributed by atoms with Crippen LogP contribution in [0.5, 0.6) is 5.75 Å². The smallest absolute Gasteiger partial charge is 0.119 e. The lowest BCUT2D eigenvalue weighted by Crippen LogP contribution is -1.99. The van der Waals surface area contributed by atoms with Gasteiger partial charge < -0.3 is 10.5 Å². The summed E-state index contributed by atoms with van der Waals surface area (Å²) in [6.07, 6.45) is 5.76. The van der Waals surface area contributed by atoms with E-state index in [-0.39, 0.29) is 0 Å².